The van der Waals surface area contributed by atoms with Gasteiger partial charge in [-0.3, -0.25) is 4.79 Å². The lowest BCUT2D eigenvalue weighted by atomic mass is 10.0. The van der Waals surface area contributed by atoms with E-state index < -0.39 is 0 Å². The van der Waals surface area contributed by atoms with E-state index in [0.717, 1.165) is 0 Å². The summed E-state index contributed by atoms with van der Waals surface area (Å²) in [5.74, 6) is 0.822. The van der Waals surface area contributed by atoms with Crippen molar-refractivity contribution in [1.82, 2.24) is 4.98 Å². The lowest BCUT2D eigenvalue weighted by Crippen LogP contribution is -2.12. The zero-order valence-corrected chi connectivity index (χ0v) is 11.7. The molecule has 1 aliphatic carbocycles. The third kappa shape index (κ3) is 4.34. The van der Waals surface area contributed by atoms with Crippen LogP contribution in [0, 0.1) is 17.2 Å². The van der Waals surface area contributed by atoms with Crippen LogP contribution in [-0.2, 0) is 0 Å². The molecule has 0 bridgehead atoms. The number of aromatic nitrogens is 1. The average molecular weight is 272 g/mol. The first-order chi connectivity index (χ1) is 9.79. The van der Waals surface area contributed by atoms with Crippen molar-refractivity contribution in [2.45, 2.75) is 44.9 Å². The maximum Gasteiger partial charge on any atom is 0.213 e. The van der Waals surface area contributed by atoms with E-state index in [0.29, 0.717) is 24.1 Å². The van der Waals surface area contributed by atoms with Crippen molar-refractivity contribution in [1.29, 1.82) is 5.26 Å². The summed E-state index contributed by atoms with van der Waals surface area (Å²) in [7, 11) is 0. The molecule has 1 saturated carbocycles. The third-order valence-electron chi connectivity index (χ3n) is 3.69. The summed E-state index contributed by atoms with van der Waals surface area (Å²) in [4.78, 5) is 15.8. The first kappa shape index (κ1) is 14.5. The molecule has 0 spiro atoms. The zero-order chi connectivity index (χ0) is 14.2. The largest absolute Gasteiger partial charge is 0.477 e. The Bertz CT molecular complexity index is 485. The number of hydrogen-bond donors (Lipinski definition) is 0. The van der Waals surface area contributed by atoms with E-state index in [4.69, 9.17) is 10.00 Å². The minimum atomic E-state index is -0.257. The summed E-state index contributed by atoms with van der Waals surface area (Å²) < 4.78 is 5.72. The molecule has 20 heavy (non-hydrogen) atoms. The van der Waals surface area contributed by atoms with Crippen molar-refractivity contribution < 1.29 is 9.53 Å². The lowest BCUT2D eigenvalue weighted by molar-refractivity contribution is 0.0991. The number of pyridine rings is 1. The van der Waals surface area contributed by atoms with Gasteiger partial charge in [0.2, 0.25) is 5.88 Å². The van der Waals surface area contributed by atoms with Crippen molar-refractivity contribution in [3.63, 3.8) is 0 Å². The van der Waals surface area contributed by atoms with Crippen LogP contribution in [0.3, 0.4) is 0 Å². The Kier molecular flexibility index (Phi) is 5.55. The molecule has 0 amide bonds. The molecule has 1 aliphatic rings. The quantitative estimate of drug-likeness (QED) is 0.607. The molecule has 0 unspecified atom stereocenters. The summed E-state index contributed by atoms with van der Waals surface area (Å²) in [6, 6.07) is 6.98. The lowest BCUT2D eigenvalue weighted by Gasteiger charge is -2.14. The van der Waals surface area contributed by atoms with Crippen molar-refractivity contribution >= 4 is 5.78 Å². The molecular formula is C16H20N2O2. The van der Waals surface area contributed by atoms with Gasteiger partial charge in [0.05, 0.1) is 12.7 Å². The SMILES string of the molecule is N#CCC(=O)c1cccc(OCC2CCCCCC2)n1. The van der Waals surface area contributed by atoms with Crippen molar-refractivity contribution in [2.24, 2.45) is 5.92 Å². The summed E-state index contributed by atoms with van der Waals surface area (Å²) in [6.45, 7) is 0.670. The van der Waals surface area contributed by atoms with Gasteiger partial charge in [0.1, 0.15) is 12.1 Å². The second-order valence-electron chi connectivity index (χ2n) is 5.29. The number of ketones is 1. The van der Waals surface area contributed by atoms with Gasteiger partial charge in [0.15, 0.2) is 5.78 Å². The number of carbonyl (C=O) groups excluding carboxylic acids is 1. The van der Waals surface area contributed by atoms with Gasteiger partial charge in [-0.1, -0.05) is 31.7 Å². The Balaban J connectivity index is 1.90. The molecule has 106 valence electrons. The van der Waals surface area contributed by atoms with Crippen LogP contribution in [0.1, 0.15) is 55.4 Å². The summed E-state index contributed by atoms with van der Waals surface area (Å²) in [5.41, 5.74) is 0.310. The molecule has 0 atom stereocenters. The number of Topliss-reactive ketones (excluding diaryl/α,β-unsaturated/α-hetero) is 1. The average Bonchev–Trinajstić information content (AvgIpc) is 2.74. The van der Waals surface area contributed by atoms with Gasteiger partial charge in [-0.2, -0.15) is 5.26 Å². The standard InChI is InChI=1S/C16H20N2O2/c17-11-10-15(19)14-8-5-9-16(18-14)20-12-13-6-3-1-2-4-7-13/h5,8-9,13H,1-4,6-7,10,12H2. The molecular weight excluding hydrogens is 252 g/mol. The molecule has 1 aromatic heterocycles. The van der Waals surface area contributed by atoms with E-state index in [2.05, 4.69) is 4.98 Å². The molecule has 1 fully saturated rings. The highest BCUT2D eigenvalue weighted by atomic mass is 16.5. The first-order valence-electron chi connectivity index (χ1n) is 7.29. The Morgan fingerprint density at radius 2 is 2.05 bits per heavy atom. The van der Waals surface area contributed by atoms with Crippen LogP contribution >= 0.6 is 0 Å². The van der Waals surface area contributed by atoms with E-state index in [1.54, 1.807) is 18.2 Å². The molecule has 0 saturated heterocycles. The van der Waals surface area contributed by atoms with Crippen LogP contribution in [0.5, 0.6) is 5.88 Å². The molecule has 0 aliphatic heterocycles. The number of nitriles is 1. The second-order valence-corrected chi connectivity index (χ2v) is 5.29. The molecule has 1 aromatic rings. The highest BCUT2D eigenvalue weighted by Crippen LogP contribution is 2.23. The van der Waals surface area contributed by atoms with Gasteiger partial charge >= 0.3 is 0 Å². The second kappa shape index (κ2) is 7.64. The normalized spacial score (nSPS) is 16.1. The number of carbonyl (C=O) groups is 1. The summed E-state index contributed by atoms with van der Waals surface area (Å²) in [5, 5.41) is 8.54. The van der Waals surface area contributed by atoms with E-state index in [1.165, 1.54) is 38.5 Å². The van der Waals surface area contributed by atoms with E-state index in [-0.39, 0.29) is 12.2 Å². The van der Waals surface area contributed by atoms with Crippen LogP contribution in [0.15, 0.2) is 18.2 Å². The van der Waals surface area contributed by atoms with Crippen LogP contribution < -0.4 is 4.74 Å². The fraction of sp³-hybridized carbons (Fsp3) is 0.562. The van der Waals surface area contributed by atoms with Crippen LogP contribution in [0.4, 0.5) is 0 Å². The molecule has 0 radical (unpaired) electrons. The third-order valence-corrected chi connectivity index (χ3v) is 3.69. The fourth-order valence-electron chi connectivity index (χ4n) is 2.55. The van der Waals surface area contributed by atoms with Gasteiger partial charge in [0.25, 0.3) is 0 Å². The maximum absolute atomic E-state index is 11.6. The Morgan fingerprint density at radius 3 is 2.75 bits per heavy atom. The number of hydrogen-bond acceptors (Lipinski definition) is 4. The highest BCUT2D eigenvalue weighted by molar-refractivity contribution is 5.95. The molecule has 0 aromatic carbocycles. The number of ether oxygens (including phenoxy) is 1. The maximum atomic E-state index is 11.6. The fourth-order valence-corrected chi connectivity index (χ4v) is 2.55. The molecule has 0 N–H and O–H groups in total. The number of rotatable bonds is 5. The summed E-state index contributed by atoms with van der Waals surface area (Å²) in [6.07, 6.45) is 7.50. The van der Waals surface area contributed by atoms with E-state index >= 15 is 0 Å². The molecule has 2 rings (SSSR count). The molecule has 4 nitrogen and oxygen atoms in total. The van der Waals surface area contributed by atoms with Gasteiger partial charge in [-0.25, -0.2) is 4.98 Å². The predicted octanol–water partition coefficient (Wildman–Crippen LogP) is 3.53. The predicted molar refractivity (Wildman–Crippen MR) is 75.5 cm³/mol. The number of nitrogens with zero attached hydrogens (tertiary/aromatic N) is 2. The van der Waals surface area contributed by atoms with Crippen molar-refractivity contribution in [3.05, 3.63) is 23.9 Å². The van der Waals surface area contributed by atoms with Gasteiger partial charge in [-0.05, 0) is 24.8 Å². The zero-order valence-electron chi connectivity index (χ0n) is 11.7. The van der Waals surface area contributed by atoms with E-state index in [1.807, 2.05) is 6.07 Å². The summed E-state index contributed by atoms with van der Waals surface area (Å²) >= 11 is 0. The smallest absolute Gasteiger partial charge is 0.213 e. The van der Waals surface area contributed by atoms with Gasteiger partial charge in [-0.15, -0.1) is 0 Å². The van der Waals surface area contributed by atoms with Crippen molar-refractivity contribution in [3.8, 4) is 11.9 Å². The Hall–Kier alpha value is -1.89. The Morgan fingerprint density at radius 1 is 1.30 bits per heavy atom. The van der Waals surface area contributed by atoms with Crippen LogP contribution in [-0.4, -0.2) is 17.4 Å². The van der Waals surface area contributed by atoms with Gasteiger partial charge in [0, 0.05) is 6.07 Å². The highest BCUT2D eigenvalue weighted by Gasteiger charge is 2.14. The monoisotopic (exact) mass is 272 g/mol. The van der Waals surface area contributed by atoms with Gasteiger partial charge < -0.3 is 4.74 Å². The topological polar surface area (TPSA) is 63.0 Å². The molecule has 4 heteroatoms. The minimum absolute atomic E-state index is 0.140. The molecule has 1 heterocycles. The van der Waals surface area contributed by atoms with E-state index in [9.17, 15) is 4.79 Å². The van der Waals surface area contributed by atoms with Crippen molar-refractivity contribution in [2.75, 3.05) is 6.61 Å². The first-order valence-corrected chi connectivity index (χ1v) is 7.29. The van der Waals surface area contributed by atoms with Crippen LogP contribution in [0.2, 0.25) is 0 Å². The minimum Gasteiger partial charge on any atom is -0.477 e. The Labute approximate surface area is 119 Å². The van der Waals surface area contributed by atoms with Crippen LogP contribution in [0.25, 0.3) is 0 Å².